The SMILES string of the molecule is O=C1NC(=S)NC(=O)C1=Cc1ccc(OC(=O)c2ccc(Cl)cc2Cl)cc1. The number of halogens is 2. The summed E-state index contributed by atoms with van der Waals surface area (Å²) in [5.41, 5.74) is 0.660. The van der Waals surface area contributed by atoms with Crippen LogP contribution in [0.5, 0.6) is 5.75 Å². The molecule has 0 unspecified atom stereocenters. The van der Waals surface area contributed by atoms with Crippen molar-refractivity contribution in [3.05, 3.63) is 69.2 Å². The number of hydrogen-bond acceptors (Lipinski definition) is 5. The average molecular weight is 421 g/mol. The molecular weight excluding hydrogens is 411 g/mol. The van der Waals surface area contributed by atoms with Gasteiger partial charge in [0.1, 0.15) is 11.3 Å². The summed E-state index contributed by atoms with van der Waals surface area (Å²) in [6, 6.07) is 10.7. The molecule has 3 rings (SSSR count). The van der Waals surface area contributed by atoms with Crippen LogP contribution in [0.1, 0.15) is 15.9 Å². The summed E-state index contributed by atoms with van der Waals surface area (Å²) in [5, 5.41) is 5.24. The molecule has 1 aliphatic rings. The minimum Gasteiger partial charge on any atom is -0.423 e. The Hall–Kier alpha value is -2.74. The number of amides is 2. The van der Waals surface area contributed by atoms with Crippen LogP contribution in [0.4, 0.5) is 0 Å². The van der Waals surface area contributed by atoms with Crippen LogP contribution in [-0.2, 0) is 9.59 Å². The van der Waals surface area contributed by atoms with Crippen LogP contribution in [0, 0.1) is 0 Å². The molecule has 27 heavy (non-hydrogen) atoms. The van der Waals surface area contributed by atoms with Gasteiger partial charge in [-0.25, -0.2) is 4.79 Å². The van der Waals surface area contributed by atoms with Gasteiger partial charge in [-0.3, -0.25) is 20.2 Å². The molecule has 136 valence electrons. The van der Waals surface area contributed by atoms with Crippen LogP contribution < -0.4 is 15.4 Å². The van der Waals surface area contributed by atoms with E-state index in [0.29, 0.717) is 10.6 Å². The van der Waals surface area contributed by atoms with Gasteiger partial charge in [-0.15, -0.1) is 0 Å². The van der Waals surface area contributed by atoms with Gasteiger partial charge in [-0.1, -0.05) is 35.3 Å². The lowest BCUT2D eigenvalue weighted by Gasteiger charge is -2.16. The molecule has 1 fully saturated rings. The molecule has 6 nitrogen and oxygen atoms in total. The van der Waals surface area contributed by atoms with E-state index in [1.54, 1.807) is 12.1 Å². The van der Waals surface area contributed by atoms with Gasteiger partial charge in [-0.05, 0) is 54.2 Å². The summed E-state index contributed by atoms with van der Waals surface area (Å²) in [4.78, 5) is 35.8. The molecule has 2 aromatic rings. The summed E-state index contributed by atoms with van der Waals surface area (Å²) in [7, 11) is 0. The Morgan fingerprint density at radius 2 is 1.63 bits per heavy atom. The fourth-order valence-electron chi connectivity index (χ4n) is 2.22. The zero-order valence-corrected chi connectivity index (χ0v) is 15.7. The van der Waals surface area contributed by atoms with Gasteiger partial charge in [0.25, 0.3) is 11.8 Å². The second kappa shape index (κ2) is 7.87. The maximum Gasteiger partial charge on any atom is 0.345 e. The van der Waals surface area contributed by atoms with Crippen molar-refractivity contribution in [3.63, 3.8) is 0 Å². The molecule has 0 aliphatic carbocycles. The lowest BCUT2D eigenvalue weighted by molar-refractivity contribution is -0.123. The van der Waals surface area contributed by atoms with Crippen molar-refractivity contribution in [1.29, 1.82) is 0 Å². The molecular formula is C18H10Cl2N2O4S. The van der Waals surface area contributed by atoms with E-state index in [4.69, 9.17) is 40.2 Å². The maximum atomic E-state index is 12.2. The monoisotopic (exact) mass is 420 g/mol. The first kappa shape index (κ1) is 19.0. The quantitative estimate of drug-likeness (QED) is 0.262. The van der Waals surface area contributed by atoms with Crippen LogP contribution in [0.25, 0.3) is 6.08 Å². The van der Waals surface area contributed by atoms with Crippen molar-refractivity contribution in [2.45, 2.75) is 0 Å². The second-order valence-corrected chi connectivity index (χ2v) is 6.63. The van der Waals surface area contributed by atoms with Gasteiger partial charge in [0.05, 0.1) is 10.6 Å². The van der Waals surface area contributed by atoms with Gasteiger partial charge in [-0.2, -0.15) is 0 Å². The Morgan fingerprint density at radius 3 is 2.22 bits per heavy atom. The Morgan fingerprint density at radius 1 is 1.00 bits per heavy atom. The van der Waals surface area contributed by atoms with Crippen molar-refractivity contribution < 1.29 is 19.1 Å². The van der Waals surface area contributed by atoms with E-state index in [1.807, 2.05) is 0 Å². The number of thiocarbonyl (C=S) groups is 1. The largest absolute Gasteiger partial charge is 0.423 e. The molecule has 2 amide bonds. The number of ether oxygens (including phenoxy) is 1. The Kier molecular flexibility index (Phi) is 5.55. The maximum absolute atomic E-state index is 12.2. The van der Waals surface area contributed by atoms with Crippen molar-refractivity contribution in [2.24, 2.45) is 0 Å². The van der Waals surface area contributed by atoms with E-state index >= 15 is 0 Å². The standard InChI is InChI=1S/C18H10Cl2N2O4S/c19-10-3-6-12(14(20)8-10)17(25)26-11-4-1-9(2-5-11)7-13-15(23)21-18(27)22-16(13)24/h1-8H,(H2,21,22,23,24,27). The van der Waals surface area contributed by atoms with Crippen LogP contribution in [-0.4, -0.2) is 22.9 Å². The van der Waals surface area contributed by atoms with Crippen molar-refractivity contribution in [1.82, 2.24) is 10.6 Å². The Labute approximate surface area is 169 Å². The lowest BCUT2D eigenvalue weighted by Crippen LogP contribution is -2.51. The third kappa shape index (κ3) is 4.51. The summed E-state index contributed by atoms with van der Waals surface area (Å²) in [6.07, 6.45) is 1.40. The number of nitrogens with one attached hydrogen (secondary N) is 2. The van der Waals surface area contributed by atoms with Gasteiger partial charge in [0.15, 0.2) is 5.11 Å². The van der Waals surface area contributed by atoms with Gasteiger partial charge in [0, 0.05) is 5.02 Å². The third-order valence-corrected chi connectivity index (χ3v) is 4.25. The highest BCUT2D eigenvalue weighted by Gasteiger charge is 2.25. The number of hydrogen-bond donors (Lipinski definition) is 2. The minimum atomic E-state index is -0.637. The minimum absolute atomic E-state index is 0.0368. The van der Waals surface area contributed by atoms with Crippen molar-refractivity contribution in [3.8, 4) is 5.75 Å². The van der Waals surface area contributed by atoms with E-state index in [9.17, 15) is 14.4 Å². The summed E-state index contributed by atoms with van der Waals surface area (Å²) in [5.74, 6) is -1.54. The van der Waals surface area contributed by atoms with Gasteiger partial charge < -0.3 is 4.74 Å². The molecule has 0 aromatic heterocycles. The van der Waals surface area contributed by atoms with E-state index in [2.05, 4.69) is 10.6 Å². The molecule has 2 N–H and O–H groups in total. The molecule has 2 aromatic carbocycles. The third-order valence-electron chi connectivity index (χ3n) is 3.50. The zero-order chi connectivity index (χ0) is 19.6. The normalized spacial score (nSPS) is 13.7. The highest BCUT2D eigenvalue weighted by Crippen LogP contribution is 2.23. The Balaban J connectivity index is 1.75. The topological polar surface area (TPSA) is 84.5 Å². The van der Waals surface area contributed by atoms with Gasteiger partial charge >= 0.3 is 5.97 Å². The zero-order valence-electron chi connectivity index (χ0n) is 13.4. The summed E-state index contributed by atoms with van der Waals surface area (Å²) >= 11 is 16.5. The summed E-state index contributed by atoms with van der Waals surface area (Å²) < 4.78 is 5.26. The van der Waals surface area contributed by atoms with E-state index < -0.39 is 17.8 Å². The highest BCUT2D eigenvalue weighted by molar-refractivity contribution is 7.80. The van der Waals surface area contributed by atoms with Crippen molar-refractivity contribution >= 4 is 64.4 Å². The van der Waals surface area contributed by atoms with Crippen molar-refractivity contribution in [2.75, 3.05) is 0 Å². The number of esters is 1. The van der Waals surface area contributed by atoms with Crippen LogP contribution in [0.15, 0.2) is 48.0 Å². The van der Waals surface area contributed by atoms with Gasteiger partial charge in [0.2, 0.25) is 0 Å². The molecule has 0 spiro atoms. The smallest absolute Gasteiger partial charge is 0.345 e. The number of carbonyl (C=O) groups excluding carboxylic acids is 3. The van der Waals surface area contributed by atoms with Crippen LogP contribution in [0.2, 0.25) is 10.0 Å². The molecule has 9 heteroatoms. The van der Waals surface area contributed by atoms with Crippen LogP contribution >= 0.6 is 35.4 Å². The first-order valence-electron chi connectivity index (χ1n) is 7.49. The number of carbonyl (C=O) groups is 3. The lowest BCUT2D eigenvalue weighted by atomic mass is 10.1. The molecule has 0 saturated carbocycles. The molecule has 0 radical (unpaired) electrons. The highest BCUT2D eigenvalue weighted by atomic mass is 35.5. The Bertz CT molecular complexity index is 981. The predicted molar refractivity (Wildman–Crippen MR) is 105 cm³/mol. The number of rotatable bonds is 3. The fraction of sp³-hybridized carbons (Fsp3) is 0. The number of benzene rings is 2. The fourth-order valence-corrected chi connectivity index (χ4v) is 2.89. The van der Waals surface area contributed by atoms with E-state index in [1.165, 1.54) is 36.4 Å². The molecule has 0 atom stereocenters. The second-order valence-electron chi connectivity index (χ2n) is 5.38. The molecule has 1 heterocycles. The predicted octanol–water partition coefficient (Wildman–Crippen LogP) is 3.13. The summed E-state index contributed by atoms with van der Waals surface area (Å²) in [6.45, 7) is 0. The first-order valence-corrected chi connectivity index (χ1v) is 8.65. The van der Waals surface area contributed by atoms with Crippen LogP contribution in [0.3, 0.4) is 0 Å². The molecule has 0 bridgehead atoms. The first-order chi connectivity index (χ1) is 12.8. The average Bonchev–Trinajstić information content (AvgIpc) is 2.59. The molecule has 1 saturated heterocycles. The van der Waals surface area contributed by atoms with E-state index in [-0.39, 0.29) is 27.0 Å². The molecule has 1 aliphatic heterocycles. The van der Waals surface area contributed by atoms with E-state index in [0.717, 1.165) is 0 Å².